The van der Waals surface area contributed by atoms with Gasteiger partial charge >= 0.3 is 0 Å². The van der Waals surface area contributed by atoms with Gasteiger partial charge in [0.25, 0.3) is 0 Å². The number of hydrogen-bond donors (Lipinski definition) is 1. The Bertz CT molecular complexity index is 263. The first-order valence-electron chi connectivity index (χ1n) is 9.57. The molecule has 0 spiro atoms. The fourth-order valence-corrected chi connectivity index (χ4v) is 3.13. The molecule has 140 valence electrons. The van der Waals surface area contributed by atoms with Crippen LogP contribution in [0.25, 0.3) is 0 Å². The highest BCUT2D eigenvalue weighted by Crippen LogP contribution is 2.30. The van der Waals surface area contributed by atoms with Gasteiger partial charge < -0.3 is 14.6 Å². The van der Waals surface area contributed by atoms with E-state index in [4.69, 9.17) is 9.47 Å². The number of hydrogen-bond acceptors (Lipinski definition) is 4. The Labute approximate surface area is 144 Å². The summed E-state index contributed by atoms with van der Waals surface area (Å²) in [4.78, 5) is 2.21. The monoisotopic (exact) mass is 331 g/mol. The zero-order valence-corrected chi connectivity index (χ0v) is 16.3. The average molecular weight is 332 g/mol. The minimum Gasteiger partial charge on any atom is -0.392 e. The van der Waals surface area contributed by atoms with Crippen LogP contribution in [0.4, 0.5) is 0 Å². The van der Waals surface area contributed by atoms with E-state index in [2.05, 4.69) is 18.7 Å². The first-order valence-corrected chi connectivity index (χ1v) is 9.57. The van der Waals surface area contributed by atoms with Gasteiger partial charge in [0.05, 0.1) is 6.10 Å². The fourth-order valence-electron chi connectivity index (χ4n) is 3.13. The zero-order chi connectivity index (χ0) is 17.6. The number of unbranched alkanes of at least 4 members (excludes halogenated alkanes) is 5. The summed E-state index contributed by atoms with van der Waals surface area (Å²) in [6, 6.07) is 0. The SMILES string of the molecule is CCCCCCC(CCCCC)(OC)N(COC)CC(O)CC. The van der Waals surface area contributed by atoms with E-state index in [9.17, 15) is 5.11 Å². The standard InChI is InChI=1S/C19H41NO3/c1-6-9-11-13-15-19(23-5,14-12-10-7-2)20(17-22-4)16-18(21)8-3/h18,21H,6-17H2,1-5H3. The average Bonchev–Trinajstić information content (AvgIpc) is 2.56. The maximum atomic E-state index is 10.1. The molecule has 2 unspecified atom stereocenters. The summed E-state index contributed by atoms with van der Waals surface area (Å²) < 4.78 is 11.5. The molecular weight excluding hydrogens is 290 g/mol. The van der Waals surface area contributed by atoms with Crippen molar-refractivity contribution in [2.24, 2.45) is 0 Å². The molecule has 0 aromatic heterocycles. The van der Waals surface area contributed by atoms with Crippen LogP contribution in [0.2, 0.25) is 0 Å². The highest BCUT2D eigenvalue weighted by Gasteiger charge is 2.36. The summed E-state index contributed by atoms with van der Waals surface area (Å²) >= 11 is 0. The number of nitrogens with zero attached hydrogens (tertiary/aromatic N) is 1. The van der Waals surface area contributed by atoms with Crippen LogP contribution >= 0.6 is 0 Å². The summed E-state index contributed by atoms with van der Waals surface area (Å²) in [7, 11) is 3.53. The van der Waals surface area contributed by atoms with Gasteiger partial charge in [-0.2, -0.15) is 0 Å². The lowest BCUT2D eigenvalue weighted by Gasteiger charge is -2.43. The van der Waals surface area contributed by atoms with Crippen molar-refractivity contribution in [1.29, 1.82) is 0 Å². The number of aliphatic hydroxyl groups excluding tert-OH is 1. The molecule has 0 saturated heterocycles. The van der Waals surface area contributed by atoms with Crippen LogP contribution in [-0.4, -0.2) is 49.3 Å². The Balaban J connectivity index is 5.01. The van der Waals surface area contributed by atoms with Crippen molar-refractivity contribution in [3.05, 3.63) is 0 Å². The molecule has 0 heterocycles. The molecule has 1 N–H and O–H groups in total. The summed E-state index contributed by atoms with van der Waals surface area (Å²) in [5, 5.41) is 10.1. The van der Waals surface area contributed by atoms with Gasteiger partial charge in [-0.25, -0.2) is 4.90 Å². The lowest BCUT2D eigenvalue weighted by atomic mass is 9.95. The molecule has 23 heavy (non-hydrogen) atoms. The van der Waals surface area contributed by atoms with Crippen molar-refractivity contribution in [3.63, 3.8) is 0 Å². The van der Waals surface area contributed by atoms with Crippen molar-refractivity contribution in [2.45, 2.75) is 96.8 Å². The summed E-state index contributed by atoms with van der Waals surface area (Å²) in [5.41, 5.74) is -0.310. The van der Waals surface area contributed by atoms with E-state index in [-0.39, 0.29) is 11.8 Å². The molecule has 0 radical (unpaired) electrons. The van der Waals surface area contributed by atoms with E-state index in [1.165, 1.54) is 32.1 Å². The lowest BCUT2D eigenvalue weighted by molar-refractivity contribution is -0.185. The molecule has 0 aromatic rings. The molecule has 0 saturated carbocycles. The van der Waals surface area contributed by atoms with E-state index in [1.807, 2.05) is 14.0 Å². The van der Waals surface area contributed by atoms with Crippen LogP contribution < -0.4 is 0 Å². The molecule has 0 aliphatic rings. The number of ether oxygens (including phenoxy) is 2. The molecule has 0 bridgehead atoms. The molecule has 0 aromatic carbocycles. The summed E-state index contributed by atoms with van der Waals surface area (Å²) in [6.07, 6.45) is 10.9. The molecule has 2 atom stereocenters. The lowest BCUT2D eigenvalue weighted by Crippen LogP contribution is -2.53. The maximum Gasteiger partial charge on any atom is 0.123 e. The Morgan fingerprint density at radius 2 is 1.48 bits per heavy atom. The molecule has 0 amide bonds. The van der Waals surface area contributed by atoms with Gasteiger partial charge in [-0.3, -0.25) is 0 Å². The summed E-state index contributed by atoms with van der Waals surface area (Å²) in [6.45, 7) is 7.59. The third kappa shape index (κ3) is 9.04. The van der Waals surface area contributed by atoms with E-state index >= 15 is 0 Å². The van der Waals surface area contributed by atoms with Crippen LogP contribution in [0.3, 0.4) is 0 Å². The molecule has 4 heteroatoms. The molecule has 0 aliphatic heterocycles. The van der Waals surface area contributed by atoms with E-state index in [1.54, 1.807) is 7.11 Å². The summed E-state index contributed by atoms with van der Waals surface area (Å²) in [5.74, 6) is 0. The van der Waals surface area contributed by atoms with Crippen LogP contribution in [0.5, 0.6) is 0 Å². The largest absolute Gasteiger partial charge is 0.392 e. The van der Waals surface area contributed by atoms with Crippen LogP contribution in [0, 0.1) is 0 Å². The minimum atomic E-state index is -0.332. The molecule has 4 nitrogen and oxygen atoms in total. The normalized spacial score (nSPS) is 15.8. The Morgan fingerprint density at radius 3 is 1.96 bits per heavy atom. The second-order valence-corrected chi connectivity index (χ2v) is 6.62. The van der Waals surface area contributed by atoms with Gasteiger partial charge in [0.2, 0.25) is 0 Å². The third-order valence-corrected chi connectivity index (χ3v) is 4.74. The second-order valence-electron chi connectivity index (χ2n) is 6.62. The Morgan fingerprint density at radius 1 is 0.913 bits per heavy atom. The number of rotatable bonds is 16. The topological polar surface area (TPSA) is 41.9 Å². The van der Waals surface area contributed by atoms with Crippen LogP contribution in [0.15, 0.2) is 0 Å². The molecule has 0 fully saturated rings. The predicted octanol–water partition coefficient (Wildman–Crippen LogP) is 4.56. The fraction of sp³-hybridized carbons (Fsp3) is 1.00. The highest BCUT2D eigenvalue weighted by atomic mass is 16.5. The highest BCUT2D eigenvalue weighted by molar-refractivity contribution is 4.82. The van der Waals surface area contributed by atoms with Gasteiger partial charge in [-0.1, -0.05) is 52.9 Å². The first-order chi connectivity index (χ1) is 11.1. The van der Waals surface area contributed by atoms with Gasteiger partial charge in [0.15, 0.2) is 0 Å². The van der Waals surface area contributed by atoms with Crippen molar-refractivity contribution in [3.8, 4) is 0 Å². The van der Waals surface area contributed by atoms with E-state index in [0.29, 0.717) is 13.3 Å². The minimum absolute atomic E-state index is 0.310. The van der Waals surface area contributed by atoms with E-state index in [0.717, 1.165) is 32.1 Å². The Hall–Kier alpha value is -0.160. The third-order valence-electron chi connectivity index (χ3n) is 4.74. The van der Waals surface area contributed by atoms with Crippen LogP contribution in [0.1, 0.15) is 85.0 Å². The number of methoxy groups -OCH3 is 2. The van der Waals surface area contributed by atoms with Crippen molar-refractivity contribution in [2.75, 3.05) is 27.5 Å². The quantitative estimate of drug-likeness (QED) is 0.333. The number of aliphatic hydroxyl groups is 1. The smallest absolute Gasteiger partial charge is 0.123 e. The van der Waals surface area contributed by atoms with Crippen molar-refractivity contribution < 1.29 is 14.6 Å². The van der Waals surface area contributed by atoms with Gasteiger partial charge in [-0.05, 0) is 32.1 Å². The van der Waals surface area contributed by atoms with Crippen molar-refractivity contribution >= 4 is 0 Å². The van der Waals surface area contributed by atoms with Crippen LogP contribution in [-0.2, 0) is 9.47 Å². The van der Waals surface area contributed by atoms with Gasteiger partial charge in [0.1, 0.15) is 12.5 Å². The van der Waals surface area contributed by atoms with Gasteiger partial charge in [0, 0.05) is 20.8 Å². The predicted molar refractivity (Wildman–Crippen MR) is 97.5 cm³/mol. The van der Waals surface area contributed by atoms with Crippen molar-refractivity contribution in [1.82, 2.24) is 4.90 Å². The maximum absolute atomic E-state index is 10.1. The van der Waals surface area contributed by atoms with Gasteiger partial charge in [-0.15, -0.1) is 0 Å². The first kappa shape index (κ1) is 22.8. The van der Waals surface area contributed by atoms with E-state index < -0.39 is 0 Å². The zero-order valence-electron chi connectivity index (χ0n) is 16.3. The molecule has 0 rings (SSSR count). The second kappa shape index (κ2) is 14.2. The molecular formula is C19H41NO3. The Kier molecular flexibility index (Phi) is 14.1. The molecule has 0 aliphatic carbocycles.